The quantitative estimate of drug-likeness (QED) is 0.787. The fourth-order valence-corrected chi connectivity index (χ4v) is 2.64. The van der Waals surface area contributed by atoms with Crippen LogP contribution in [0, 0.1) is 0 Å². The second-order valence-corrected chi connectivity index (χ2v) is 5.36. The van der Waals surface area contributed by atoms with Gasteiger partial charge in [0.25, 0.3) is 5.56 Å². The number of rotatable bonds is 3. The maximum absolute atomic E-state index is 12.1. The number of halogens is 1. The molecule has 0 unspecified atom stereocenters. The molecule has 0 amide bonds. The van der Waals surface area contributed by atoms with Gasteiger partial charge >= 0.3 is 0 Å². The SMILES string of the molecule is CCOc1ccc(-c2nc3ccccc3c(=O)[nH]2)cc1Br. The van der Waals surface area contributed by atoms with Gasteiger partial charge in [-0.15, -0.1) is 0 Å². The molecule has 0 radical (unpaired) electrons. The van der Waals surface area contributed by atoms with Crippen molar-refractivity contribution in [2.75, 3.05) is 6.61 Å². The fourth-order valence-electron chi connectivity index (χ4n) is 2.14. The zero-order valence-electron chi connectivity index (χ0n) is 11.4. The van der Waals surface area contributed by atoms with E-state index in [1.54, 1.807) is 6.07 Å². The Morgan fingerprint density at radius 3 is 2.81 bits per heavy atom. The minimum atomic E-state index is -0.138. The molecule has 21 heavy (non-hydrogen) atoms. The van der Waals surface area contributed by atoms with Crippen molar-refractivity contribution in [3.63, 3.8) is 0 Å². The van der Waals surface area contributed by atoms with Crippen LogP contribution in [0.5, 0.6) is 5.75 Å². The Hall–Kier alpha value is -2.14. The lowest BCUT2D eigenvalue weighted by atomic mass is 10.2. The topological polar surface area (TPSA) is 55.0 Å². The molecule has 0 aliphatic heterocycles. The van der Waals surface area contributed by atoms with Gasteiger partial charge in [0.1, 0.15) is 11.6 Å². The summed E-state index contributed by atoms with van der Waals surface area (Å²) in [5.41, 5.74) is 1.37. The largest absolute Gasteiger partial charge is 0.493 e. The van der Waals surface area contributed by atoms with Crippen LogP contribution in [0.15, 0.2) is 51.7 Å². The molecule has 0 bridgehead atoms. The van der Waals surface area contributed by atoms with Gasteiger partial charge in [0.05, 0.1) is 22.0 Å². The molecule has 0 saturated heterocycles. The van der Waals surface area contributed by atoms with E-state index >= 15 is 0 Å². The Morgan fingerprint density at radius 1 is 1.24 bits per heavy atom. The third kappa shape index (κ3) is 2.69. The van der Waals surface area contributed by atoms with Crippen LogP contribution in [0.2, 0.25) is 0 Å². The lowest BCUT2D eigenvalue weighted by molar-refractivity contribution is 0.338. The predicted octanol–water partition coefficient (Wildman–Crippen LogP) is 3.75. The van der Waals surface area contributed by atoms with Gasteiger partial charge in [-0.1, -0.05) is 12.1 Å². The highest BCUT2D eigenvalue weighted by Crippen LogP contribution is 2.29. The fraction of sp³-hybridized carbons (Fsp3) is 0.125. The van der Waals surface area contributed by atoms with Crippen molar-refractivity contribution in [1.29, 1.82) is 0 Å². The number of ether oxygens (including phenoxy) is 1. The summed E-state index contributed by atoms with van der Waals surface area (Å²) in [4.78, 5) is 19.4. The molecule has 1 N–H and O–H groups in total. The minimum Gasteiger partial charge on any atom is -0.493 e. The number of nitrogens with zero attached hydrogens (tertiary/aromatic N) is 1. The van der Waals surface area contributed by atoms with Crippen LogP contribution >= 0.6 is 15.9 Å². The number of hydrogen-bond donors (Lipinski definition) is 1. The molecule has 4 nitrogen and oxygen atoms in total. The van der Waals surface area contributed by atoms with Crippen LogP contribution in [0.25, 0.3) is 22.3 Å². The van der Waals surface area contributed by atoms with Crippen LogP contribution in [-0.4, -0.2) is 16.6 Å². The molecular weight excluding hydrogens is 332 g/mol. The Kier molecular flexibility index (Phi) is 3.75. The first-order valence-electron chi connectivity index (χ1n) is 6.61. The van der Waals surface area contributed by atoms with Crippen LogP contribution in [0.4, 0.5) is 0 Å². The van der Waals surface area contributed by atoms with Gasteiger partial charge in [-0.25, -0.2) is 4.98 Å². The van der Waals surface area contributed by atoms with Crippen molar-refractivity contribution in [2.45, 2.75) is 6.92 Å². The minimum absolute atomic E-state index is 0.138. The summed E-state index contributed by atoms with van der Waals surface area (Å²) >= 11 is 3.47. The lowest BCUT2D eigenvalue weighted by Gasteiger charge is -2.08. The number of aromatic amines is 1. The molecule has 0 aliphatic rings. The van der Waals surface area contributed by atoms with Crippen molar-refractivity contribution in [3.8, 4) is 17.1 Å². The average Bonchev–Trinajstić information content (AvgIpc) is 2.49. The van der Waals surface area contributed by atoms with E-state index in [9.17, 15) is 4.79 Å². The normalized spacial score (nSPS) is 10.8. The van der Waals surface area contributed by atoms with Crippen LogP contribution in [0.3, 0.4) is 0 Å². The second-order valence-electron chi connectivity index (χ2n) is 4.51. The van der Waals surface area contributed by atoms with E-state index in [-0.39, 0.29) is 5.56 Å². The van der Waals surface area contributed by atoms with Crippen LogP contribution < -0.4 is 10.3 Å². The smallest absolute Gasteiger partial charge is 0.259 e. The molecule has 1 heterocycles. The monoisotopic (exact) mass is 344 g/mol. The van der Waals surface area contributed by atoms with E-state index in [0.29, 0.717) is 23.3 Å². The Morgan fingerprint density at radius 2 is 2.05 bits per heavy atom. The first-order chi connectivity index (χ1) is 10.2. The molecular formula is C16H13BrN2O2. The first kappa shape index (κ1) is 13.8. The van der Waals surface area contributed by atoms with E-state index in [2.05, 4.69) is 25.9 Å². The Bertz CT molecular complexity index is 858. The summed E-state index contributed by atoms with van der Waals surface area (Å²) < 4.78 is 6.31. The van der Waals surface area contributed by atoms with Gasteiger partial charge in [0.15, 0.2) is 0 Å². The Labute approximate surface area is 129 Å². The number of aromatic nitrogens is 2. The first-order valence-corrected chi connectivity index (χ1v) is 7.40. The molecule has 5 heteroatoms. The highest BCUT2D eigenvalue weighted by atomic mass is 79.9. The number of H-pyrrole nitrogens is 1. The van der Waals surface area contributed by atoms with Gasteiger partial charge in [-0.3, -0.25) is 4.79 Å². The Balaban J connectivity index is 2.12. The van der Waals surface area contributed by atoms with Crippen molar-refractivity contribution in [1.82, 2.24) is 9.97 Å². The molecule has 0 saturated carbocycles. The summed E-state index contributed by atoms with van der Waals surface area (Å²) in [5.74, 6) is 1.31. The van der Waals surface area contributed by atoms with Crippen LogP contribution in [-0.2, 0) is 0 Å². The number of benzene rings is 2. The van der Waals surface area contributed by atoms with E-state index in [4.69, 9.17) is 4.74 Å². The van der Waals surface area contributed by atoms with E-state index in [1.807, 2.05) is 43.3 Å². The van der Waals surface area contributed by atoms with Crippen molar-refractivity contribution in [2.24, 2.45) is 0 Å². The van der Waals surface area contributed by atoms with Crippen LogP contribution in [0.1, 0.15) is 6.92 Å². The molecule has 0 aliphatic carbocycles. The van der Waals surface area contributed by atoms with Crippen molar-refractivity contribution >= 4 is 26.8 Å². The van der Waals surface area contributed by atoms with Crippen molar-refractivity contribution in [3.05, 3.63) is 57.3 Å². The standard InChI is InChI=1S/C16H13BrN2O2/c1-2-21-14-8-7-10(9-12(14)17)15-18-13-6-4-3-5-11(13)16(20)19-15/h3-9H,2H2,1H3,(H,18,19,20). The van der Waals surface area contributed by atoms with Crippen molar-refractivity contribution < 1.29 is 4.74 Å². The average molecular weight is 345 g/mol. The summed E-state index contributed by atoms with van der Waals surface area (Å²) in [6.45, 7) is 2.53. The third-order valence-electron chi connectivity index (χ3n) is 3.12. The highest BCUT2D eigenvalue weighted by molar-refractivity contribution is 9.10. The van der Waals surface area contributed by atoms with E-state index in [0.717, 1.165) is 15.8 Å². The van der Waals surface area contributed by atoms with Gasteiger partial charge in [-0.2, -0.15) is 0 Å². The number of nitrogens with one attached hydrogen (secondary N) is 1. The maximum Gasteiger partial charge on any atom is 0.259 e. The molecule has 0 atom stereocenters. The van der Waals surface area contributed by atoms with Gasteiger partial charge in [0.2, 0.25) is 0 Å². The van der Waals surface area contributed by atoms with Gasteiger partial charge < -0.3 is 9.72 Å². The highest BCUT2D eigenvalue weighted by Gasteiger charge is 2.08. The summed E-state index contributed by atoms with van der Waals surface area (Å²) in [5, 5.41) is 0.589. The molecule has 1 aromatic heterocycles. The summed E-state index contributed by atoms with van der Waals surface area (Å²) in [7, 11) is 0. The molecule has 3 rings (SSSR count). The zero-order valence-corrected chi connectivity index (χ0v) is 13.0. The predicted molar refractivity (Wildman–Crippen MR) is 86.7 cm³/mol. The zero-order chi connectivity index (χ0) is 14.8. The molecule has 2 aromatic carbocycles. The van der Waals surface area contributed by atoms with Gasteiger partial charge in [0, 0.05) is 5.56 Å². The molecule has 0 fully saturated rings. The number of hydrogen-bond acceptors (Lipinski definition) is 3. The van der Waals surface area contributed by atoms with E-state index < -0.39 is 0 Å². The molecule has 106 valence electrons. The summed E-state index contributed by atoms with van der Waals surface area (Å²) in [6.07, 6.45) is 0. The van der Waals surface area contributed by atoms with E-state index in [1.165, 1.54) is 0 Å². The number of fused-ring (bicyclic) bond motifs is 1. The maximum atomic E-state index is 12.1. The number of para-hydroxylation sites is 1. The summed E-state index contributed by atoms with van der Waals surface area (Å²) in [6, 6.07) is 12.9. The molecule has 3 aromatic rings. The second kappa shape index (κ2) is 5.69. The molecule has 0 spiro atoms. The lowest BCUT2D eigenvalue weighted by Crippen LogP contribution is -2.09. The van der Waals surface area contributed by atoms with Gasteiger partial charge in [-0.05, 0) is 53.2 Å². The third-order valence-corrected chi connectivity index (χ3v) is 3.74.